The topological polar surface area (TPSA) is 39.1 Å². The molecule has 4 nitrogen and oxygen atoms in total. The van der Waals surface area contributed by atoms with E-state index in [1.165, 1.54) is 5.56 Å². The zero-order valence-corrected chi connectivity index (χ0v) is 14.7. The van der Waals surface area contributed by atoms with Crippen LogP contribution >= 0.6 is 15.9 Å². The number of nitrogens with one attached hydrogen (secondary N) is 1. The van der Waals surface area contributed by atoms with Crippen molar-refractivity contribution in [2.75, 3.05) is 11.9 Å². The van der Waals surface area contributed by atoms with Crippen molar-refractivity contribution in [1.82, 2.24) is 9.55 Å². The second-order valence-electron chi connectivity index (χ2n) is 5.91. The smallest absolute Gasteiger partial charge is 0.124 e. The number of nitrogens with zero attached hydrogens (tertiary/aromatic N) is 2. The Morgan fingerprint density at radius 3 is 3.00 bits per heavy atom. The summed E-state index contributed by atoms with van der Waals surface area (Å²) in [6, 6.07) is 12.7. The van der Waals surface area contributed by atoms with E-state index >= 15 is 0 Å². The van der Waals surface area contributed by atoms with E-state index in [0.29, 0.717) is 0 Å². The second-order valence-corrected chi connectivity index (χ2v) is 6.83. The molecule has 1 N–H and O–H groups in total. The summed E-state index contributed by atoms with van der Waals surface area (Å²) < 4.78 is 8.92. The number of hydrogen-bond acceptors (Lipinski definition) is 3. The summed E-state index contributed by atoms with van der Waals surface area (Å²) in [5.41, 5.74) is 4.40. The maximum Gasteiger partial charge on any atom is 0.124 e. The highest BCUT2D eigenvalue weighted by atomic mass is 79.9. The van der Waals surface area contributed by atoms with Gasteiger partial charge in [-0.1, -0.05) is 34.1 Å². The first-order valence-corrected chi connectivity index (χ1v) is 8.53. The molecule has 2 aromatic carbocycles. The molecule has 2 heterocycles. The number of para-hydroxylation sites is 1. The molecular formula is C18H18BrN3O. The Morgan fingerprint density at radius 2 is 2.13 bits per heavy atom. The van der Waals surface area contributed by atoms with Crippen LogP contribution in [0.4, 0.5) is 5.69 Å². The van der Waals surface area contributed by atoms with Gasteiger partial charge in [-0.25, -0.2) is 4.98 Å². The first-order chi connectivity index (χ1) is 11.1. The van der Waals surface area contributed by atoms with Crippen LogP contribution in [0.2, 0.25) is 0 Å². The Labute approximate surface area is 143 Å². The van der Waals surface area contributed by atoms with Crippen LogP contribution in [-0.2, 0) is 7.05 Å². The molecule has 0 fully saturated rings. The van der Waals surface area contributed by atoms with Crippen molar-refractivity contribution >= 4 is 32.7 Å². The predicted octanol–water partition coefficient (Wildman–Crippen LogP) is 4.58. The van der Waals surface area contributed by atoms with Crippen LogP contribution in [-0.4, -0.2) is 16.2 Å². The Balaban J connectivity index is 1.78. The monoisotopic (exact) mass is 371 g/mol. The minimum Gasteiger partial charge on any atom is -0.493 e. The average Bonchev–Trinajstić information content (AvgIpc) is 2.83. The van der Waals surface area contributed by atoms with E-state index in [9.17, 15) is 0 Å². The number of halogens is 1. The third-order valence-electron chi connectivity index (χ3n) is 4.46. The van der Waals surface area contributed by atoms with Gasteiger partial charge in [-0.05, 0) is 25.1 Å². The molecule has 1 atom stereocenters. The Morgan fingerprint density at radius 1 is 1.30 bits per heavy atom. The fourth-order valence-corrected chi connectivity index (χ4v) is 3.60. The van der Waals surface area contributed by atoms with Gasteiger partial charge >= 0.3 is 0 Å². The van der Waals surface area contributed by atoms with Crippen molar-refractivity contribution in [3.8, 4) is 5.75 Å². The zero-order valence-electron chi connectivity index (χ0n) is 13.1. The number of ether oxygens (including phenoxy) is 1. The van der Waals surface area contributed by atoms with Gasteiger partial charge in [0, 0.05) is 23.5 Å². The SMILES string of the molecule is Cc1nc2c(NC3CCOc4ccccc43)cc(Br)cc2n1C. The summed E-state index contributed by atoms with van der Waals surface area (Å²) in [5.74, 6) is 1.98. The maximum absolute atomic E-state index is 5.76. The first-order valence-electron chi connectivity index (χ1n) is 7.74. The molecule has 5 heteroatoms. The minimum absolute atomic E-state index is 0.236. The van der Waals surface area contributed by atoms with Crippen molar-refractivity contribution in [3.05, 3.63) is 52.3 Å². The van der Waals surface area contributed by atoms with Gasteiger partial charge in [0.2, 0.25) is 0 Å². The van der Waals surface area contributed by atoms with Gasteiger partial charge in [-0.2, -0.15) is 0 Å². The Kier molecular flexibility index (Phi) is 3.53. The highest BCUT2D eigenvalue weighted by Crippen LogP contribution is 2.36. The highest BCUT2D eigenvalue weighted by Gasteiger charge is 2.22. The molecule has 1 aliphatic heterocycles. The molecule has 0 amide bonds. The lowest BCUT2D eigenvalue weighted by Crippen LogP contribution is -2.20. The van der Waals surface area contributed by atoms with Crippen LogP contribution in [0.15, 0.2) is 40.9 Å². The molecule has 0 aliphatic carbocycles. The molecule has 0 saturated heterocycles. The number of fused-ring (bicyclic) bond motifs is 2. The molecule has 1 aromatic heterocycles. The zero-order chi connectivity index (χ0) is 16.0. The third-order valence-corrected chi connectivity index (χ3v) is 4.92. The summed E-state index contributed by atoms with van der Waals surface area (Å²) in [6.45, 7) is 2.76. The normalized spacial score (nSPS) is 16.9. The molecular weight excluding hydrogens is 354 g/mol. The quantitative estimate of drug-likeness (QED) is 0.716. The van der Waals surface area contributed by atoms with Crippen molar-refractivity contribution in [3.63, 3.8) is 0 Å². The van der Waals surface area contributed by atoms with Crippen LogP contribution in [0.1, 0.15) is 23.9 Å². The number of benzene rings is 2. The molecule has 0 bridgehead atoms. The van der Waals surface area contributed by atoms with Gasteiger partial charge in [0.15, 0.2) is 0 Å². The Hall–Kier alpha value is -2.01. The molecule has 1 unspecified atom stereocenters. The lowest BCUT2D eigenvalue weighted by molar-refractivity contribution is 0.274. The summed E-state index contributed by atoms with van der Waals surface area (Å²) in [7, 11) is 2.05. The third kappa shape index (κ3) is 2.49. The van der Waals surface area contributed by atoms with E-state index in [4.69, 9.17) is 9.72 Å². The van der Waals surface area contributed by atoms with Crippen molar-refractivity contribution in [1.29, 1.82) is 0 Å². The highest BCUT2D eigenvalue weighted by molar-refractivity contribution is 9.10. The maximum atomic E-state index is 5.76. The van der Waals surface area contributed by atoms with E-state index in [1.54, 1.807) is 0 Å². The summed E-state index contributed by atoms with van der Waals surface area (Å²) in [6.07, 6.45) is 0.941. The van der Waals surface area contributed by atoms with Crippen LogP contribution in [0.5, 0.6) is 5.75 Å². The number of aromatic nitrogens is 2. The summed E-state index contributed by atoms with van der Waals surface area (Å²) in [5, 5.41) is 3.68. The van der Waals surface area contributed by atoms with E-state index < -0.39 is 0 Å². The molecule has 4 rings (SSSR count). The van der Waals surface area contributed by atoms with Crippen molar-refractivity contribution in [2.45, 2.75) is 19.4 Å². The second kappa shape index (κ2) is 5.57. The van der Waals surface area contributed by atoms with E-state index in [2.05, 4.69) is 50.1 Å². The van der Waals surface area contributed by atoms with Crippen molar-refractivity contribution < 1.29 is 4.74 Å². The van der Waals surface area contributed by atoms with Gasteiger partial charge in [0.25, 0.3) is 0 Å². The average molecular weight is 372 g/mol. The van der Waals surface area contributed by atoms with Crippen LogP contribution in [0.3, 0.4) is 0 Å². The Bertz CT molecular complexity index is 887. The van der Waals surface area contributed by atoms with Crippen molar-refractivity contribution in [2.24, 2.45) is 7.05 Å². The van der Waals surface area contributed by atoms with Gasteiger partial charge in [0.05, 0.1) is 23.9 Å². The molecule has 0 spiro atoms. The van der Waals surface area contributed by atoms with Gasteiger partial charge in [-0.15, -0.1) is 0 Å². The van der Waals surface area contributed by atoms with Gasteiger partial charge in [-0.3, -0.25) is 0 Å². The predicted molar refractivity (Wildman–Crippen MR) is 96.1 cm³/mol. The lowest BCUT2D eigenvalue weighted by atomic mass is 10.00. The molecule has 0 radical (unpaired) electrons. The first kappa shape index (κ1) is 14.6. The number of rotatable bonds is 2. The van der Waals surface area contributed by atoms with Crippen LogP contribution in [0, 0.1) is 6.92 Å². The standard InChI is InChI=1S/C18H18BrN3O/c1-11-20-18-15(9-12(19)10-16(18)22(11)2)21-14-7-8-23-17-6-4-3-5-13(14)17/h3-6,9-10,14,21H,7-8H2,1-2H3. The fourth-order valence-electron chi connectivity index (χ4n) is 3.16. The van der Waals surface area contributed by atoms with E-state index in [0.717, 1.165) is 45.8 Å². The van der Waals surface area contributed by atoms with Gasteiger partial charge < -0.3 is 14.6 Å². The fraction of sp³-hybridized carbons (Fsp3) is 0.278. The molecule has 1 aliphatic rings. The number of imidazole rings is 1. The van der Waals surface area contributed by atoms with Crippen LogP contribution in [0.25, 0.3) is 11.0 Å². The molecule has 0 saturated carbocycles. The largest absolute Gasteiger partial charge is 0.493 e. The number of hydrogen-bond donors (Lipinski definition) is 1. The molecule has 3 aromatic rings. The summed E-state index contributed by atoms with van der Waals surface area (Å²) >= 11 is 3.62. The number of anilines is 1. The van der Waals surface area contributed by atoms with Gasteiger partial charge in [0.1, 0.15) is 17.1 Å². The molecule has 23 heavy (non-hydrogen) atoms. The molecule has 118 valence electrons. The summed E-state index contributed by atoms with van der Waals surface area (Å²) in [4.78, 5) is 4.72. The van der Waals surface area contributed by atoms with E-state index in [1.807, 2.05) is 26.1 Å². The van der Waals surface area contributed by atoms with Crippen LogP contribution < -0.4 is 10.1 Å². The number of aryl methyl sites for hydroxylation is 2. The lowest BCUT2D eigenvalue weighted by Gasteiger charge is -2.27. The van der Waals surface area contributed by atoms with E-state index in [-0.39, 0.29) is 6.04 Å². The minimum atomic E-state index is 0.236.